The monoisotopic (exact) mass is 293 g/mol. The first kappa shape index (κ1) is 16.2. The zero-order valence-corrected chi connectivity index (χ0v) is 12.7. The molecule has 1 aromatic heterocycles. The van der Waals surface area contributed by atoms with Gasteiger partial charge in [-0.25, -0.2) is 0 Å². The van der Waals surface area contributed by atoms with E-state index in [1.807, 2.05) is 0 Å². The second-order valence-corrected chi connectivity index (χ2v) is 5.32. The van der Waals surface area contributed by atoms with E-state index in [0.717, 1.165) is 4.88 Å². The van der Waals surface area contributed by atoms with Crippen molar-refractivity contribution >= 4 is 23.2 Å². The van der Waals surface area contributed by atoms with Crippen LogP contribution in [-0.2, 0) is 4.79 Å². The first-order valence-electron chi connectivity index (χ1n) is 6.24. The van der Waals surface area contributed by atoms with Gasteiger partial charge in [-0.1, -0.05) is 18.8 Å². The minimum atomic E-state index is -0.246. The van der Waals surface area contributed by atoms with Crippen LogP contribution in [0, 0.1) is 17.8 Å². The smallest absolute Gasteiger partial charge is 0.254 e. The van der Waals surface area contributed by atoms with Crippen molar-refractivity contribution in [3.8, 4) is 11.8 Å². The highest BCUT2D eigenvalue weighted by molar-refractivity contribution is 7.10. The summed E-state index contributed by atoms with van der Waals surface area (Å²) in [5, 5.41) is 4.34. The third-order valence-corrected chi connectivity index (χ3v) is 3.59. The highest BCUT2D eigenvalue weighted by Gasteiger charge is 2.19. The number of amides is 2. The standard InChI is InChI=1S/C14H19N3O2S/c1-10(13(18)16-2)8-17(3)14(19)11-7-12(20-9-11)5-4-6-15/h7,9-10H,6,8,15H2,1-3H3,(H,16,18). The van der Waals surface area contributed by atoms with Gasteiger partial charge in [0.1, 0.15) is 0 Å². The minimum absolute atomic E-state index is 0.0792. The Morgan fingerprint density at radius 2 is 2.25 bits per heavy atom. The second-order valence-electron chi connectivity index (χ2n) is 4.41. The van der Waals surface area contributed by atoms with Gasteiger partial charge in [-0.2, -0.15) is 0 Å². The molecule has 6 heteroatoms. The third-order valence-electron chi connectivity index (χ3n) is 2.75. The molecular formula is C14H19N3O2S. The molecule has 5 nitrogen and oxygen atoms in total. The predicted molar refractivity (Wildman–Crippen MR) is 80.4 cm³/mol. The zero-order valence-electron chi connectivity index (χ0n) is 11.9. The molecule has 0 spiro atoms. The highest BCUT2D eigenvalue weighted by atomic mass is 32.1. The summed E-state index contributed by atoms with van der Waals surface area (Å²) >= 11 is 1.41. The molecule has 0 saturated carbocycles. The van der Waals surface area contributed by atoms with Crippen LogP contribution in [0.25, 0.3) is 0 Å². The molecule has 0 radical (unpaired) electrons. The number of nitrogens with zero attached hydrogens (tertiary/aromatic N) is 1. The van der Waals surface area contributed by atoms with E-state index in [0.29, 0.717) is 18.7 Å². The van der Waals surface area contributed by atoms with Crippen molar-refractivity contribution in [3.63, 3.8) is 0 Å². The molecule has 1 aromatic rings. The number of carbonyl (C=O) groups excluding carboxylic acids is 2. The van der Waals surface area contributed by atoms with Gasteiger partial charge in [0.25, 0.3) is 5.91 Å². The van der Waals surface area contributed by atoms with Crippen LogP contribution >= 0.6 is 11.3 Å². The molecule has 1 heterocycles. The van der Waals surface area contributed by atoms with Crippen LogP contribution in [0.1, 0.15) is 22.2 Å². The molecule has 0 bridgehead atoms. The minimum Gasteiger partial charge on any atom is -0.359 e. The molecule has 0 aliphatic heterocycles. The van der Waals surface area contributed by atoms with Gasteiger partial charge in [-0.3, -0.25) is 9.59 Å². The lowest BCUT2D eigenvalue weighted by Crippen LogP contribution is -2.37. The van der Waals surface area contributed by atoms with E-state index in [1.54, 1.807) is 37.4 Å². The molecule has 0 fully saturated rings. The number of nitrogens with two attached hydrogens (primary N) is 1. The van der Waals surface area contributed by atoms with Gasteiger partial charge in [0.15, 0.2) is 0 Å². The fraction of sp³-hybridized carbons (Fsp3) is 0.429. The summed E-state index contributed by atoms with van der Waals surface area (Å²) in [6, 6.07) is 1.75. The van der Waals surface area contributed by atoms with E-state index in [9.17, 15) is 9.59 Å². The first-order chi connectivity index (χ1) is 9.49. The fourth-order valence-corrected chi connectivity index (χ4v) is 2.44. The van der Waals surface area contributed by atoms with E-state index >= 15 is 0 Å². The quantitative estimate of drug-likeness (QED) is 0.794. The third kappa shape index (κ3) is 4.37. The van der Waals surface area contributed by atoms with Crippen molar-refractivity contribution in [3.05, 3.63) is 21.9 Å². The Kier molecular flexibility index (Phi) is 6.22. The SMILES string of the molecule is CNC(=O)C(C)CN(C)C(=O)c1csc(C#CCN)c1. The topological polar surface area (TPSA) is 75.4 Å². The summed E-state index contributed by atoms with van der Waals surface area (Å²) in [5.74, 6) is 5.21. The fourth-order valence-electron chi connectivity index (χ4n) is 1.70. The molecule has 1 unspecified atom stereocenters. The van der Waals surface area contributed by atoms with E-state index in [-0.39, 0.29) is 17.7 Å². The van der Waals surface area contributed by atoms with Gasteiger partial charge in [0.2, 0.25) is 5.91 Å². The van der Waals surface area contributed by atoms with Crippen molar-refractivity contribution in [2.24, 2.45) is 11.7 Å². The molecule has 0 aliphatic carbocycles. The average Bonchev–Trinajstić information content (AvgIpc) is 2.91. The van der Waals surface area contributed by atoms with E-state index in [4.69, 9.17) is 5.73 Å². The molecule has 0 saturated heterocycles. The Labute approximate surface area is 123 Å². The number of thiophene rings is 1. The number of rotatable bonds is 4. The Bertz CT molecular complexity index is 542. The maximum absolute atomic E-state index is 12.2. The number of hydrogen-bond donors (Lipinski definition) is 2. The van der Waals surface area contributed by atoms with Crippen LogP contribution in [0.5, 0.6) is 0 Å². The summed E-state index contributed by atoms with van der Waals surface area (Å²) in [5.41, 5.74) is 5.89. The van der Waals surface area contributed by atoms with E-state index in [1.165, 1.54) is 11.3 Å². The highest BCUT2D eigenvalue weighted by Crippen LogP contribution is 2.15. The van der Waals surface area contributed by atoms with E-state index < -0.39 is 0 Å². The molecule has 0 aliphatic rings. The number of carbonyl (C=O) groups is 2. The lowest BCUT2D eigenvalue weighted by Gasteiger charge is -2.20. The lowest BCUT2D eigenvalue weighted by atomic mass is 10.1. The maximum Gasteiger partial charge on any atom is 0.254 e. The van der Waals surface area contributed by atoms with Crippen molar-refractivity contribution < 1.29 is 9.59 Å². The van der Waals surface area contributed by atoms with Crippen LogP contribution in [0.4, 0.5) is 0 Å². The molecule has 1 rings (SSSR count). The number of hydrogen-bond acceptors (Lipinski definition) is 4. The van der Waals surface area contributed by atoms with Crippen molar-refractivity contribution in [1.29, 1.82) is 0 Å². The zero-order chi connectivity index (χ0) is 15.1. The molecule has 2 amide bonds. The Morgan fingerprint density at radius 1 is 1.55 bits per heavy atom. The van der Waals surface area contributed by atoms with Crippen molar-refractivity contribution in [1.82, 2.24) is 10.2 Å². The Balaban J connectivity index is 2.69. The Morgan fingerprint density at radius 3 is 2.85 bits per heavy atom. The maximum atomic E-state index is 12.2. The second kappa shape index (κ2) is 7.68. The van der Waals surface area contributed by atoms with Gasteiger partial charge < -0.3 is 16.0 Å². The van der Waals surface area contributed by atoms with Crippen molar-refractivity contribution in [2.75, 3.05) is 27.2 Å². The summed E-state index contributed by atoms with van der Waals surface area (Å²) < 4.78 is 0. The number of nitrogens with one attached hydrogen (secondary N) is 1. The Hall–Kier alpha value is -1.84. The van der Waals surface area contributed by atoms with Gasteiger partial charge in [-0.15, -0.1) is 11.3 Å². The predicted octanol–water partition coefficient (Wildman–Crippen LogP) is 0.512. The van der Waals surface area contributed by atoms with Crippen LogP contribution in [0.2, 0.25) is 0 Å². The molecular weight excluding hydrogens is 274 g/mol. The van der Waals surface area contributed by atoms with Gasteiger partial charge in [-0.05, 0) is 6.07 Å². The summed E-state index contributed by atoms with van der Waals surface area (Å²) in [7, 11) is 3.27. The summed E-state index contributed by atoms with van der Waals surface area (Å²) in [6.45, 7) is 2.46. The lowest BCUT2D eigenvalue weighted by molar-refractivity contribution is -0.124. The van der Waals surface area contributed by atoms with Gasteiger partial charge in [0.05, 0.1) is 22.9 Å². The average molecular weight is 293 g/mol. The normalized spacial score (nSPS) is 11.2. The molecule has 108 valence electrons. The molecule has 20 heavy (non-hydrogen) atoms. The molecule has 3 N–H and O–H groups in total. The summed E-state index contributed by atoms with van der Waals surface area (Å²) in [6.07, 6.45) is 0. The van der Waals surface area contributed by atoms with E-state index in [2.05, 4.69) is 17.2 Å². The molecule has 1 atom stereocenters. The van der Waals surface area contributed by atoms with Crippen LogP contribution in [-0.4, -0.2) is 43.9 Å². The van der Waals surface area contributed by atoms with Crippen LogP contribution in [0.3, 0.4) is 0 Å². The summed E-state index contributed by atoms with van der Waals surface area (Å²) in [4.78, 5) is 26.0. The largest absolute Gasteiger partial charge is 0.359 e. The van der Waals surface area contributed by atoms with Gasteiger partial charge >= 0.3 is 0 Å². The van der Waals surface area contributed by atoms with Crippen molar-refractivity contribution in [2.45, 2.75) is 6.92 Å². The van der Waals surface area contributed by atoms with Gasteiger partial charge in [0, 0.05) is 26.0 Å². The first-order valence-corrected chi connectivity index (χ1v) is 7.12. The molecule has 0 aromatic carbocycles. The van der Waals surface area contributed by atoms with Crippen LogP contribution < -0.4 is 11.1 Å². The van der Waals surface area contributed by atoms with Crippen LogP contribution in [0.15, 0.2) is 11.4 Å².